The van der Waals surface area contributed by atoms with Crippen LogP contribution in [0.3, 0.4) is 0 Å². The van der Waals surface area contributed by atoms with Crippen LogP contribution in [0.2, 0.25) is 0 Å². The van der Waals surface area contributed by atoms with Gasteiger partial charge in [0.1, 0.15) is 0 Å². The SMILES string of the molecule is COC1(CC(=O)N2CCC(C(=O)O)(C(F)(F)F)C2)CCC1. The molecule has 5 nitrogen and oxygen atoms in total. The van der Waals surface area contributed by atoms with Crippen molar-refractivity contribution in [1.82, 2.24) is 4.90 Å². The first-order chi connectivity index (χ1) is 9.66. The van der Waals surface area contributed by atoms with Gasteiger partial charge in [-0.3, -0.25) is 9.59 Å². The molecule has 21 heavy (non-hydrogen) atoms. The third-order valence-electron chi connectivity index (χ3n) is 4.75. The summed E-state index contributed by atoms with van der Waals surface area (Å²) in [6.45, 7) is -1.01. The van der Waals surface area contributed by atoms with Gasteiger partial charge >= 0.3 is 12.1 Å². The molecule has 0 bridgehead atoms. The normalized spacial score (nSPS) is 28.3. The summed E-state index contributed by atoms with van der Waals surface area (Å²) in [6, 6.07) is 0. The van der Waals surface area contributed by atoms with Gasteiger partial charge in [-0.05, 0) is 25.7 Å². The molecule has 0 radical (unpaired) electrons. The van der Waals surface area contributed by atoms with Gasteiger partial charge in [0.25, 0.3) is 0 Å². The quantitative estimate of drug-likeness (QED) is 0.860. The Morgan fingerprint density at radius 1 is 1.29 bits per heavy atom. The fraction of sp³-hybridized carbons (Fsp3) is 0.846. The van der Waals surface area contributed by atoms with E-state index < -0.39 is 42.0 Å². The summed E-state index contributed by atoms with van der Waals surface area (Å²) in [4.78, 5) is 24.2. The molecule has 1 atom stereocenters. The van der Waals surface area contributed by atoms with Crippen molar-refractivity contribution in [3.63, 3.8) is 0 Å². The van der Waals surface area contributed by atoms with Gasteiger partial charge in [-0.15, -0.1) is 0 Å². The molecule has 0 spiro atoms. The first-order valence-corrected chi connectivity index (χ1v) is 6.79. The molecule has 0 aromatic carbocycles. The second-order valence-corrected chi connectivity index (χ2v) is 5.87. The number of carboxylic acids is 1. The van der Waals surface area contributed by atoms with Crippen molar-refractivity contribution < 1.29 is 32.6 Å². The van der Waals surface area contributed by atoms with Crippen LogP contribution in [0.4, 0.5) is 13.2 Å². The minimum absolute atomic E-state index is 0.0110. The van der Waals surface area contributed by atoms with Gasteiger partial charge in [-0.25, -0.2) is 0 Å². The third kappa shape index (κ3) is 2.61. The van der Waals surface area contributed by atoms with Crippen LogP contribution >= 0.6 is 0 Å². The molecule has 1 aliphatic heterocycles. The lowest BCUT2D eigenvalue weighted by Gasteiger charge is -2.40. The Kier molecular flexibility index (Phi) is 3.94. The van der Waals surface area contributed by atoms with E-state index in [4.69, 9.17) is 9.84 Å². The molecule has 1 heterocycles. The second kappa shape index (κ2) is 5.15. The fourth-order valence-corrected chi connectivity index (χ4v) is 2.96. The molecular formula is C13H18F3NO4. The zero-order chi connectivity index (χ0) is 15.9. The highest BCUT2D eigenvalue weighted by Crippen LogP contribution is 2.46. The number of amides is 1. The Hall–Kier alpha value is -1.31. The van der Waals surface area contributed by atoms with Crippen LogP contribution in [0.1, 0.15) is 32.1 Å². The van der Waals surface area contributed by atoms with Crippen LogP contribution in [-0.2, 0) is 14.3 Å². The molecule has 8 heteroatoms. The number of halogens is 3. The molecule has 120 valence electrons. The molecule has 0 aromatic heterocycles. The molecule has 1 saturated heterocycles. The largest absolute Gasteiger partial charge is 0.481 e. The first-order valence-electron chi connectivity index (χ1n) is 6.79. The topological polar surface area (TPSA) is 66.8 Å². The lowest BCUT2D eigenvalue weighted by molar-refractivity contribution is -0.227. The maximum absolute atomic E-state index is 13.0. The number of ether oxygens (including phenoxy) is 1. The number of rotatable bonds is 4. The van der Waals surface area contributed by atoms with Gasteiger partial charge < -0.3 is 14.7 Å². The van der Waals surface area contributed by atoms with Crippen LogP contribution in [0.5, 0.6) is 0 Å². The van der Waals surface area contributed by atoms with E-state index in [0.717, 1.165) is 11.3 Å². The van der Waals surface area contributed by atoms with Crippen LogP contribution in [0.15, 0.2) is 0 Å². The number of carbonyl (C=O) groups excluding carboxylic acids is 1. The van der Waals surface area contributed by atoms with Crippen molar-refractivity contribution in [2.24, 2.45) is 5.41 Å². The molecule has 1 N–H and O–H groups in total. The van der Waals surface area contributed by atoms with E-state index in [1.54, 1.807) is 0 Å². The number of alkyl halides is 3. The Morgan fingerprint density at radius 2 is 1.90 bits per heavy atom. The Balaban J connectivity index is 2.07. The van der Waals surface area contributed by atoms with E-state index in [1.807, 2.05) is 0 Å². The van der Waals surface area contributed by atoms with Gasteiger partial charge in [-0.1, -0.05) is 0 Å². The van der Waals surface area contributed by atoms with Crippen LogP contribution in [-0.4, -0.2) is 53.9 Å². The van der Waals surface area contributed by atoms with E-state index in [9.17, 15) is 22.8 Å². The zero-order valence-electron chi connectivity index (χ0n) is 11.7. The number of hydrogen-bond donors (Lipinski definition) is 1. The zero-order valence-corrected chi connectivity index (χ0v) is 11.7. The maximum Gasteiger partial charge on any atom is 0.406 e. The number of hydrogen-bond acceptors (Lipinski definition) is 3. The predicted molar refractivity (Wildman–Crippen MR) is 65.5 cm³/mol. The summed E-state index contributed by atoms with van der Waals surface area (Å²) in [5, 5.41) is 8.95. The van der Waals surface area contributed by atoms with E-state index >= 15 is 0 Å². The monoisotopic (exact) mass is 309 g/mol. The molecular weight excluding hydrogens is 291 g/mol. The number of likely N-dealkylation sites (tertiary alicyclic amines) is 1. The fourth-order valence-electron chi connectivity index (χ4n) is 2.96. The van der Waals surface area contributed by atoms with Crippen LogP contribution in [0, 0.1) is 5.41 Å². The van der Waals surface area contributed by atoms with Crippen molar-refractivity contribution in [2.45, 2.75) is 43.9 Å². The minimum atomic E-state index is -4.87. The maximum atomic E-state index is 13.0. The number of carboxylic acid groups (broad SMARTS) is 1. The minimum Gasteiger partial charge on any atom is -0.481 e. The summed E-state index contributed by atoms with van der Waals surface area (Å²) in [5.74, 6) is -2.39. The van der Waals surface area contributed by atoms with Crippen LogP contribution in [0.25, 0.3) is 0 Å². The Morgan fingerprint density at radius 3 is 2.24 bits per heavy atom. The Bertz CT molecular complexity index is 442. The van der Waals surface area contributed by atoms with Gasteiger partial charge in [0.15, 0.2) is 5.41 Å². The van der Waals surface area contributed by atoms with Crippen molar-refractivity contribution in [2.75, 3.05) is 20.2 Å². The molecule has 1 aliphatic carbocycles. The van der Waals surface area contributed by atoms with Crippen molar-refractivity contribution in [1.29, 1.82) is 0 Å². The summed E-state index contributed by atoms with van der Waals surface area (Å²) in [7, 11) is 1.48. The lowest BCUT2D eigenvalue weighted by atomic mass is 9.77. The summed E-state index contributed by atoms with van der Waals surface area (Å²) < 4.78 is 44.4. The van der Waals surface area contributed by atoms with E-state index in [1.165, 1.54) is 7.11 Å². The van der Waals surface area contributed by atoms with E-state index in [-0.39, 0.29) is 13.0 Å². The lowest BCUT2D eigenvalue weighted by Crippen LogP contribution is -2.49. The van der Waals surface area contributed by atoms with Gasteiger partial charge in [0.05, 0.1) is 12.0 Å². The van der Waals surface area contributed by atoms with E-state index in [2.05, 4.69) is 0 Å². The smallest absolute Gasteiger partial charge is 0.406 e. The second-order valence-electron chi connectivity index (χ2n) is 5.87. The highest BCUT2D eigenvalue weighted by molar-refractivity contribution is 5.82. The van der Waals surface area contributed by atoms with Gasteiger partial charge in [-0.2, -0.15) is 13.2 Å². The average molecular weight is 309 g/mol. The highest BCUT2D eigenvalue weighted by atomic mass is 19.4. The average Bonchev–Trinajstić information content (AvgIpc) is 2.79. The van der Waals surface area contributed by atoms with Crippen molar-refractivity contribution in [3.8, 4) is 0 Å². The Labute approximate surface area is 120 Å². The highest BCUT2D eigenvalue weighted by Gasteiger charge is 2.64. The molecule has 2 rings (SSSR count). The van der Waals surface area contributed by atoms with Crippen LogP contribution < -0.4 is 0 Å². The number of methoxy groups -OCH3 is 1. The molecule has 2 aliphatic rings. The summed E-state index contributed by atoms with van der Waals surface area (Å²) >= 11 is 0. The molecule has 2 fully saturated rings. The standard InChI is InChI=1S/C13H18F3NO4/c1-21-11(3-2-4-11)7-9(18)17-6-5-12(8-17,10(19)20)13(14,15)16/h2-8H2,1H3,(H,19,20). The van der Waals surface area contributed by atoms with Gasteiger partial charge in [0, 0.05) is 20.2 Å². The van der Waals surface area contributed by atoms with E-state index in [0.29, 0.717) is 12.8 Å². The molecule has 0 aromatic rings. The summed E-state index contributed by atoms with van der Waals surface area (Å²) in [5.41, 5.74) is -3.42. The predicted octanol–water partition coefficient (Wildman–Crippen LogP) is 1.81. The molecule has 1 saturated carbocycles. The number of aliphatic carboxylic acids is 1. The molecule has 1 unspecified atom stereocenters. The van der Waals surface area contributed by atoms with Gasteiger partial charge in [0.2, 0.25) is 5.91 Å². The number of nitrogens with zero attached hydrogens (tertiary/aromatic N) is 1. The third-order valence-corrected chi connectivity index (χ3v) is 4.75. The first kappa shape index (κ1) is 16.1. The van der Waals surface area contributed by atoms with Crippen molar-refractivity contribution in [3.05, 3.63) is 0 Å². The molecule has 1 amide bonds. The van der Waals surface area contributed by atoms with Crippen molar-refractivity contribution >= 4 is 11.9 Å². The number of carbonyl (C=O) groups is 2. The summed E-state index contributed by atoms with van der Waals surface area (Å²) in [6.07, 6.45) is -3.14.